The van der Waals surface area contributed by atoms with E-state index in [1.54, 1.807) is 42.9 Å². The van der Waals surface area contributed by atoms with Crippen LogP contribution >= 0.6 is 11.6 Å². The molecule has 0 spiro atoms. The molecule has 0 unspecified atom stereocenters. The Hall–Kier alpha value is -3.90. The number of nitrogens with one attached hydrogen (secondary N) is 1. The molecular weight excluding hydrogens is 448 g/mol. The van der Waals surface area contributed by atoms with Gasteiger partial charge in [0.25, 0.3) is 5.91 Å². The highest BCUT2D eigenvalue weighted by atomic mass is 35.5. The number of halogens is 1. The summed E-state index contributed by atoms with van der Waals surface area (Å²) in [6.45, 7) is 5.38. The minimum atomic E-state index is -1.10. The van der Waals surface area contributed by atoms with Gasteiger partial charge in [-0.25, -0.2) is 0 Å². The van der Waals surface area contributed by atoms with Crippen molar-refractivity contribution in [2.45, 2.75) is 26.4 Å². The molecular formula is C27H23ClN4O2. The van der Waals surface area contributed by atoms with Crippen molar-refractivity contribution in [3.63, 3.8) is 0 Å². The highest BCUT2D eigenvalue weighted by Crippen LogP contribution is 2.27. The molecule has 6 nitrogen and oxygen atoms in total. The Labute approximate surface area is 202 Å². The molecule has 0 aliphatic carbocycles. The number of hydrogen-bond donors (Lipinski definition) is 1. The molecule has 4 aromatic carbocycles. The first kappa shape index (κ1) is 21.9. The van der Waals surface area contributed by atoms with Crippen LogP contribution in [0.3, 0.4) is 0 Å². The third-order valence-electron chi connectivity index (χ3n) is 5.69. The lowest BCUT2D eigenvalue weighted by Crippen LogP contribution is -2.42. The van der Waals surface area contributed by atoms with Crippen LogP contribution in [-0.2, 0) is 4.79 Å². The summed E-state index contributed by atoms with van der Waals surface area (Å²) < 4.78 is 5.92. The molecule has 0 atom stereocenters. The molecule has 1 amide bonds. The lowest BCUT2D eigenvalue weighted by molar-refractivity contribution is -0.128. The van der Waals surface area contributed by atoms with Crippen molar-refractivity contribution in [3.05, 3.63) is 89.4 Å². The van der Waals surface area contributed by atoms with Crippen molar-refractivity contribution in [2.24, 2.45) is 0 Å². The molecule has 0 saturated heterocycles. The van der Waals surface area contributed by atoms with Gasteiger partial charge in [0.2, 0.25) is 0 Å². The van der Waals surface area contributed by atoms with E-state index in [4.69, 9.17) is 21.4 Å². The molecule has 0 saturated carbocycles. The van der Waals surface area contributed by atoms with Crippen LogP contribution in [0.1, 0.15) is 19.4 Å². The van der Waals surface area contributed by atoms with Crippen molar-refractivity contribution >= 4 is 45.0 Å². The summed E-state index contributed by atoms with van der Waals surface area (Å²) in [5.74, 6) is 0.293. The van der Waals surface area contributed by atoms with Crippen LogP contribution in [0.4, 0.5) is 5.69 Å². The van der Waals surface area contributed by atoms with Gasteiger partial charge in [-0.15, -0.1) is 15.0 Å². The molecule has 5 rings (SSSR count). The first-order valence-corrected chi connectivity index (χ1v) is 11.3. The van der Waals surface area contributed by atoms with Crippen LogP contribution < -0.4 is 10.1 Å². The number of ether oxygens (including phenoxy) is 1. The monoisotopic (exact) mass is 470 g/mol. The number of carbonyl (C=O) groups is 1. The van der Waals surface area contributed by atoms with E-state index in [2.05, 4.69) is 28.6 Å². The summed E-state index contributed by atoms with van der Waals surface area (Å²) in [4.78, 5) is 14.7. The molecule has 0 aliphatic heterocycles. The quantitative estimate of drug-likeness (QED) is 0.326. The normalized spacial score (nSPS) is 11.6. The SMILES string of the molecule is Cc1cc2nn(-c3cccc4ccccc34)nc2cc1NC(=O)C(C)(C)Oc1ccc(Cl)cc1. The first-order valence-electron chi connectivity index (χ1n) is 10.9. The molecule has 0 bridgehead atoms. The molecule has 1 N–H and O–H groups in total. The van der Waals surface area contributed by atoms with E-state index >= 15 is 0 Å². The van der Waals surface area contributed by atoms with Gasteiger partial charge in [-0.2, -0.15) is 0 Å². The predicted octanol–water partition coefficient (Wildman–Crippen LogP) is 6.33. The fraction of sp³-hybridized carbons (Fsp3) is 0.148. The Morgan fingerprint density at radius 3 is 2.38 bits per heavy atom. The van der Waals surface area contributed by atoms with E-state index in [9.17, 15) is 4.79 Å². The molecule has 34 heavy (non-hydrogen) atoms. The van der Waals surface area contributed by atoms with Crippen molar-refractivity contribution in [3.8, 4) is 11.4 Å². The molecule has 1 heterocycles. The van der Waals surface area contributed by atoms with Gasteiger partial charge >= 0.3 is 0 Å². The molecule has 170 valence electrons. The number of amides is 1. The fourth-order valence-corrected chi connectivity index (χ4v) is 3.94. The summed E-state index contributed by atoms with van der Waals surface area (Å²) in [5, 5.41) is 15.2. The van der Waals surface area contributed by atoms with Gasteiger partial charge in [-0.3, -0.25) is 4.79 Å². The number of anilines is 1. The zero-order valence-corrected chi connectivity index (χ0v) is 19.8. The van der Waals surface area contributed by atoms with E-state index < -0.39 is 5.60 Å². The zero-order valence-electron chi connectivity index (χ0n) is 19.0. The average molecular weight is 471 g/mol. The Bertz CT molecular complexity index is 1520. The second-order valence-electron chi connectivity index (χ2n) is 8.66. The van der Waals surface area contributed by atoms with Crippen molar-refractivity contribution in [2.75, 3.05) is 5.32 Å². The Morgan fingerprint density at radius 2 is 1.62 bits per heavy atom. The Kier molecular flexibility index (Phi) is 5.46. The Balaban J connectivity index is 1.43. The third-order valence-corrected chi connectivity index (χ3v) is 5.94. The van der Waals surface area contributed by atoms with Crippen molar-refractivity contribution < 1.29 is 9.53 Å². The van der Waals surface area contributed by atoms with Crippen LogP contribution in [0.15, 0.2) is 78.9 Å². The minimum Gasteiger partial charge on any atom is -0.478 e. The van der Waals surface area contributed by atoms with Crippen molar-refractivity contribution in [1.82, 2.24) is 15.0 Å². The van der Waals surface area contributed by atoms with Crippen LogP contribution in [0.25, 0.3) is 27.5 Å². The lowest BCUT2D eigenvalue weighted by atomic mass is 10.1. The Morgan fingerprint density at radius 1 is 0.941 bits per heavy atom. The van der Waals surface area contributed by atoms with Crippen LogP contribution in [0.2, 0.25) is 5.02 Å². The summed E-state index contributed by atoms with van der Waals surface area (Å²) in [6, 6.07) is 24.9. The number of hydrogen-bond acceptors (Lipinski definition) is 4. The highest BCUT2D eigenvalue weighted by molar-refractivity contribution is 6.30. The number of aromatic nitrogens is 3. The molecule has 7 heteroatoms. The molecule has 0 radical (unpaired) electrons. The smallest absolute Gasteiger partial charge is 0.267 e. The van der Waals surface area contributed by atoms with E-state index in [0.717, 1.165) is 27.5 Å². The van der Waals surface area contributed by atoms with Gasteiger partial charge in [-0.1, -0.05) is 48.0 Å². The van der Waals surface area contributed by atoms with E-state index in [0.29, 0.717) is 22.0 Å². The number of rotatable bonds is 5. The standard InChI is InChI=1S/C27H23ClN4O2/c1-17-15-23-24(31-32(30-23)25-10-6-8-18-7-4-5-9-21(18)25)16-22(17)29-26(33)27(2,3)34-20-13-11-19(28)12-14-20/h4-16H,1-3H3,(H,29,33). The predicted molar refractivity (Wildman–Crippen MR) is 136 cm³/mol. The average Bonchev–Trinajstić information content (AvgIpc) is 3.22. The molecule has 0 fully saturated rings. The summed E-state index contributed by atoms with van der Waals surface area (Å²) in [5.41, 5.74) is 2.78. The van der Waals surface area contributed by atoms with E-state index in [1.165, 1.54) is 0 Å². The summed E-state index contributed by atoms with van der Waals surface area (Å²) in [7, 11) is 0. The maximum atomic E-state index is 13.1. The number of benzene rings is 4. The second-order valence-corrected chi connectivity index (χ2v) is 9.10. The van der Waals surface area contributed by atoms with Gasteiger partial charge < -0.3 is 10.1 Å². The fourth-order valence-electron chi connectivity index (χ4n) is 3.81. The van der Waals surface area contributed by atoms with Gasteiger partial charge in [-0.05, 0) is 74.2 Å². The highest BCUT2D eigenvalue weighted by Gasteiger charge is 2.30. The zero-order chi connectivity index (χ0) is 23.9. The van der Waals surface area contributed by atoms with Gasteiger partial charge in [0.15, 0.2) is 5.60 Å². The first-order chi connectivity index (χ1) is 16.3. The lowest BCUT2D eigenvalue weighted by Gasteiger charge is -2.25. The molecule has 1 aromatic heterocycles. The van der Waals surface area contributed by atoms with Gasteiger partial charge in [0.05, 0.1) is 5.69 Å². The van der Waals surface area contributed by atoms with Gasteiger partial charge in [0.1, 0.15) is 16.8 Å². The number of nitrogens with zero attached hydrogens (tertiary/aromatic N) is 3. The van der Waals surface area contributed by atoms with Crippen LogP contribution in [0.5, 0.6) is 5.75 Å². The third kappa shape index (κ3) is 4.20. The maximum Gasteiger partial charge on any atom is 0.267 e. The topological polar surface area (TPSA) is 69.0 Å². The largest absolute Gasteiger partial charge is 0.478 e. The number of carbonyl (C=O) groups excluding carboxylic acids is 1. The van der Waals surface area contributed by atoms with Crippen LogP contribution in [0, 0.1) is 6.92 Å². The van der Waals surface area contributed by atoms with E-state index in [1.807, 2.05) is 43.3 Å². The van der Waals surface area contributed by atoms with Gasteiger partial charge in [0, 0.05) is 16.1 Å². The summed E-state index contributed by atoms with van der Waals surface area (Å²) >= 11 is 5.94. The van der Waals surface area contributed by atoms with Crippen LogP contribution in [-0.4, -0.2) is 26.5 Å². The number of aryl methyl sites for hydroxylation is 1. The molecule has 5 aromatic rings. The maximum absolute atomic E-state index is 13.1. The van der Waals surface area contributed by atoms with Crippen molar-refractivity contribution in [1.29, 1.82) is 0 Å². The minimum absolute atomic E-state index is 0.272. The number of fused-ring (bicyclic) bond motifs is 2. The molecule has 0 aliphatic rings. The van der Waals surface area contributed by atoms with E-state index in [-0.39, 0.29) is 5.91 Å². The summed E-state index contributed by atoms with van der Waals surface area (Å²) in [6.07, 6.45) is 0. The second kappa shape index (κ2) is 8.47.